The van der Waals surface area contributed by atoms with E-state index >= 15 is 0 Å². The molecule has 0 aromatic heterocycles. The topological polar surface area (TPSA) is 3.24 Å². The van der Waals surface area contributed by atoms with Crippen molar-refractivity contribution in [3.63, 3.8) is 0 Å². The summed E-state index contributed by atoms with van der Waals surface area (Å²) in [4.78, 5) is 2.46. The highest BCUT2D eigenvalue weighted by Gasteiger charge is 2.10. The summed E-state index contributed by atoms with van der Waals surface area (Å²) in [6, 6.07) is 8.56. The first kappa shape index (κ1) is 10.1. The van der Waals surface area contributed by atoms with Gasteiger partial charge in [-0.05, 0) is 44.4 Å². The van der Waals surface area contributed by atoms with Gasteiger partial charge in [-0.15, -0.1) is 5.92 Å². The second kappa shape index (κ2) is 4.89. The fourth-order valence-electron chi connectivity index (χ4n) is 2.08. The lowest BCUT2D eigenvalue weighted by Gasteiger charge is -2.28. The van der Waals surface area contributed by atoms with Crippen LogP contribution in [0.25, 0.3) is 0 Å². The van der Waals surface area contributed by atoms with E-state index in [2.05, 4.69) is 41.0 Å². The number of rotatable bonds is 1. The average molecular weight is 199 g/mol. The molecule has 0 bridgehead atoms. The standard InChI is InChI=1S/C14H17N/c1-2-7-13-8-6-9-14(12-13)15-10-4-3-5-11-15/h6,8-9,12H,3-5,10-11H2,1H3. The molecule has 1 aliphatic heterocycles. The Hall–Kier alpha value is -1.42. The van der Waals surface area contributed by atoms with E-state index in [0.717, 1.165) is 5.56 Å². The van der Waals surface area contributed by atoms with E-state index in [1.165, 1.54) is 38.0 Å². The van der Waals surface area contributed by atoms with Crippen molar-refractivity contribution < 1.29 is 0 Å². The van der Waals surface area contributed by atoms with Crippen LogP contribution in [0.1, 0.15) is 31.7 Å². The third-order valence-electron chi connectivity index (χ3n) is 2.84. The molecule has 0 amide bonds. The van der Waals surface area contributed by atoms with Crippen LogP contribution in [0.3, 0.4) is 0 Å². The lowest BCUT2D eigenvalue weighted by atomic mass is 10.1. The third-order valence-corrected chi connectivity index (χ3v) is 2.84. The monoisotopic (exact) mass is 199 g/mol. The van der Waals surface area contributed by atoms with E-state index < -0.39 is 0 Å². The van der Waals surface area contributed by atoms with Crippen molar-refractivity contribution in [3.8, 4) is 11.8 Å². The minimum atomic E-state index is 1.13. The predicted molar refractivity (Wildman–Crippen MR) is 65.1 cm³/mol. The van der Waals surface area contributed by atoms with Crippen LogP contribution in [0.15, 0.2) is 24.3 Å². The molecular formula is C14H17N. The maximum atomic E-state index is 3.11. The molecule has 0 N–H and O–H groups in total. The smallest absolute Gasteiger partial charge is 0.0378 e. The summed E-state index contributed by atoms with van der Waals surface area (Å²) in [6.07, 6.45) is 4.03. The van der Waals surface area contributed by atoms with Crippen molar-refractivity contribution in [2.24, 2.45) is 0 Å². The summed E-state index contributed by atoms with van der Waals surface area (Å²) < 4.78 is 0. The zero-order chi connectivity index (χ0) is 10.5. The number of benzene rings is 1. The lowest BCUT2D eigenvalue weighted by molar-refractivity contribution is 0.578. The van der Waals surface area contributed by atoms with Crippen molar-refractivity contribution in [1.82, 2.24) is 0 Å². The molecular weight excluding hydrogens is 182 g/mol. The van der Waals surface area contributed by atoms with Crippen molar-refractivity contribution in [3.05, 3.63) is 29.8 Å². The van der Waals surface area contributed by atoms with Crippen molar-refractivity contribution in [2.75, 3.05) is 18.0 Å². The average Bonchev–Trinajstić information content (AvgIpc) is 2.31. The molecule has 1 nitrogen and oxygen atoms in total. The van der Waals surface area contributed by atoms with E-state index in [1.54, 1.807) is 0 Å². The Labute approximate surface area is 92.1 Å². The molecule has 0 aliphatic carbocycles. The van der Waals surface area contributed by atoms with Gasteiger partial charge in [0.25, 0.3) is 0 Å². The van der Waals surface area contributed by atoms with Gasteiger partial charge in [0.05, 0.1) is 0 Å². The number of hydrogen-bond donors (Lipinski definition) is 0. The van der Waals surface area contributed by atoms with Crippen LogP contribution in [0, 0.1) is 11.8 Å². The van der Waals surface area contributed by atoms with Gasteiger partial charge in [0.2, 0.25) is 0 Å². The van der Waals surface area contributed by atoms with Gasteiger partial charge in [-0.25, -0.2) is 0 Å². The van der Waals surface area contributed by atoms with Crippen molar-refractivity contribution >= 4 is 5.69 Å². The molecule has 1 aromatic rings. The summed E-state index contributed by atoms with van der Waals surface area (Å²) in [5, 5.41) is 0. The molecule has 0 radical (unpaired) electrons. The maximum absolute atomic E-state index is 3.11. The molecule has 2 rings (SSSR count). The number of nitrogens with zero attached hydrogens (tertiary/aromatic N) is 1. The Balaban J connectivity index is 2.18. The highest BCUT2D eigenvalue weighted by Crippen LogP contribution is 2.20. The van der Waals surface area contributed by atoms with Crippen molar-refractivity contribution in [1.29, 1.82) is 0 Å². The van der Waals surface area contributed by atoms with E-state index in [1.807, 2.05) is 6.92 Å². The quantitative estimate of drug-likeness (QED) is 0.628. The van der Waals surface area contributed by atoms with Gasteiger partial charge < -0.3 is 4.90 Å². The Morgan fingerprint density at radius 3 is 2.67 bits per heavy atom. The van der Waals surface area contributed by atoms with Gasteiger partial charge in [-0.2, -0.15) is 0 Å². The van der Waals surface area contributed by atoms with E-state index in [9.17, 15) is 0 Å². The number of piperidine rings is 1. The molecule has 15 heavy (non-hydrogen) atoms. The SMILES string of the molecule is CC#Cc1cccc(N2CCCCC2)c1. The first-order valence-electron chi connectivity index (χ1n) is 5.68. The largest absolute Gasteiger partial charge is 0.372 e. The van der Waals surface area contributed by atoms with Crippen LogP contribution in [-0.4, -0.2) is 13.1 Å². The van der Waals surface area contributed by atoms with E-state index in [-0.39, 0.29) is 0 Å². The molecule has 0 saturated carbocycles. The molecule has 78 valence electrons. The molecule has 0 spiro atoms. The number of anilines is 1. The Bertz CT molecular complexity index is 378. The number of hydrogen-bond acceptors (Lipinski definition) is 1. The molecule has 1 fully saturated rings. The van der Waals surface area contributed by atoms with Gasteiger partial charge in [0, 0.05) is 24.3 Å². The highest BCUT2D eigenvalue weighted by atomic mass is 15.1. The second-order valence-electron chi connectivity index (χ2n) is 3.97. The van der Waals surface area contributed by atoms with Crippen LogP contribution in [0.4, 0.5) is 5.69 Å². The van der Waals surface area contributed by atoms with Crippen LogP contribution >= 0.6 is 0 Å². The van der Waals surface area contributed by atoms with Crippen LogP contribution < -0.4 is 4.90 Å². The maximum Gasteiger partial charge on any atom is 0.0378 e. The molecule has 1 saturated heterocycles. The summed E-state index contributed by atoms with van der Waals surface area (Å²) in [6.45, 7) is 4.28. The first-order valence-corrected chi connectivity index (χ1v) is 5.68. The van der Waals surface area contributed by atoms with Gasteiger partial charge in [0.15, 0.2) is 0 Å². The summed E-state index contributed by atoms with van der Waals surface area (Å²) in [5.74, 6) is 6.06. The molecule has 1 aliphatic rings. The van der Waals surface area contributed by atoms with Gasteiger partial charge >= 0.3 is 0 Å². The zero-order valence-corrected chi connectivity index (χ0v) is 9.29. The van der Waals surface area contributed by atoms with Crippen LogP contribution in [0.2, 0.25) is 0 Å². The molecule has 1 heterocycles. The Morgan fingerprint density at radius 2 is 1.93 bits per heavy atom. The van der Waals surface area contributed by atoms with Gasteiger partial charge in [-0.3, -0.25) is 0 Å². The minimum Gasteiger partial charge on any atom is -0.372 e. The molecule has 1 aromatic carbocycles. The summed E-state index contributed by atoms with van der Waals surface area (Å²) in [5.41, 5.74) is 2.45. The second-order valence-corrected chi connectivity index (χ2v) is 3.97. The van der Waals surface area contributed by atoms with Gasteiger partial charge in [0.1, 0.15) is 0 Å². The lowest BCUT2D eigenvalue weighted by Crippen LogP contribution is -2.29. The van der Waals surface area contributed by atoms with Crippen LogP contribution in [0.5, 0.6) is 0 Å². The van der Waals surface area contributed by atoms with Gasteiger partial charge in [-0.1, -0.05) is 12.0 Å². The Kier molecular flexibility index (Phi) is 3.29. The normalized spacial score (nSPS) is 15.7. The summed E-state index contributed by atoms with van der Waals surface area (Å²) >= 11 is 0. The minimum absolute atomic E-state index is 1.13. The fraction of sp³-hybridized carbons (Fsp3) is 0.429. The molecule has 1 heteroatoms. The fourth-order valence-corrected chi connectivity index (χ4v) is 2.08. The highest BCUT2D eigenvalue weighted by molar-refractivity contribution is 5.52. The summed E-state index contributed by atoms with van der Waals surface area (Å²) in [7, 11) is 0. The van der Waals surface area contributed by atoms with Crippen LogP contribution in [-0.2, 0) is 0 Å². The third kappa shape index (κ3) is 2.53. The van der Waals surface area contributed by atoms with E-state index in [0.29, 0.717) is 0 Å². The first-order chi connectivity index (χ1) is 7.40. The molecule has 0 atom stereocenters. The zero-order valence-electron chi connectivity index (χ0n) is 9.29. The molecule has 0 unspecified atom stereocenters. The van der Waals surface area contributed by atoms with E-state index in [4.69, 9.17) is 0 Å². The Morgan fingerprint density at radius 1 is 1.13 bits per heavy atom. The van der Waals surface area contributed by atoms with Crippen molar-refractivity contribution in [2.45, 2.75) is 26.2 Å². The predicted octanol–water partition coefficient (Wildman–Crippen LogP) is 3.05.